The number of fused-ring (bicyclic) bond motifs is 2. The van der Waals surface area contributed by atoms with Crippen molar-refractivity contribution >= 4 is 27.5 Å². The van der Waals surface area contributed by atoms with Crippen molar-refractivity contribution in [2.75, 3.05) is 0 Å². The molecule has 0 aliphatic carbocycles. The molecular weight excluding hydrogens is 326 g/mol. The molecule has 0 bridgehead atoms. The number of thiophene rings is 1. The molecule has 4 rings (SSSR count). The van der Waals surface area contributed by atoms with Gasteiger partial charge in [-0.15, -0.1) is 11.3 Å². The molecule has 3 aromatic heterocycles. The van der Waals surface area contributed by atoms with Crippen LogP contribution in [0.15, 0.2) is 23.5 Å². The van der Waals surface area contributed by atoms with Gasteiger partial charge < -0.3 is 14.5 Å². The maximum atomic E-state index is 12.7. The van der Waals surface area contributed by atoms with Gasteiger partial charge in [-0.25, -0.2) is 9.97 Å². The average Bonchev–Trinajstić information content (AvgIpc) is 3.15. The lowest BCUT2D eigenvalue weighted by Gasteiger charge is -2.24. The number of amides is 1. The Balaban J connectivity index is 1.61. The van der Waals surface area contributed by atoms with Gasteiger partial charge in [0, 0.05) is 38.4 Å². The molecule has 0 fully saturated rings. The van der Waals surface area contributed by atoms with Gasteiger partial charge in [-0.2, -0.15) is 0 Å². The van der Waals surface area contributed by atoms with Crippen molar-refractivity contribution in [2.45, 2.75) is 32.4 Å². The molecule has 1 unspecified atom stereocenters. The van der Waals surface area contributed by atoms with Crippen LogP contribution in [0.25, 0.3) is 10.2 Å². The van der Waals surface area contributed by atoms with E-state index in [2.05, 4.69) is 19.9 Å². The van der Waals surface area contributed by atoms with Crippen LogP contribution in [-0.4, -0.2) is 31.1 Å². The van der Waals surface area contributed by atoms with Crippen molar-refractivity contribution in [3.05, 3.63) is 45.3 Å². The summed E-state index contributed by atoms with van der Waals surface area (Å²) in [6.07, 6.45) is 6.94. The number of nitrogens with zero attached hydrogens (tertiary/aromatic N) is 4. The summed E-state index contributed by atoms with van der Waals surface area (Å²) in [5.74, 6) is 0.928. The standard InChI is InChI=1S/C16H17N5O2S/c1-9-12-15(18-8-20(2)16(12)23)24-13(9)14(22)19-10-3-4-11-17-5-6-21(11)7-10/h5-6,8,10H,3-4,7H2,1-2H3,(H,19,22). The summed E-state index contributed by atoms with van der Waals surface area (Å²) in [7, 11) is 1.66. The minimum atomic E-state index is -0.133. The summed E-state index contributed by atoms with van der Waals surface area (Å²) < 4.78 is 3.51. The van der Waals surface area contributed by atoms with E-state index in [9.17, 15) is 9.59 Å². The molecule has 7 nitrogen and oxygen atoms in total. The van der Waals surface area contributed by atoms with Gasteiger partial charge in [-0.3, -0.25) is 9.59 Å². The van der Waals surface area contributed by atoms with Crippen molar-refractivity contribution in [3.63, 3.8) is 0 Å². The van der Waals surface area contributed by atoms with Gasteiger partial charge in [0.25, 0.3) is 11.5 Å². The molecular formula is C16H17N5O2S. The van der Waals surface area contributed by atoms with Gasteiger partial charge in [-0.05, 0) is 18.9 Å². The second kappa shape index (κ2) is 5.55. The number of imidazole rings is 1. The zero-order valence-corrected chi connectivity index (χ0v) is 14.3. The number of rotatable bonds is 2. The van der Waals surface area contributed by atoms with E-state index in [1.165, 1.54) is 22.2 Å². The van der Waals surface area contributed by atoms with Crippen molar-refractivity contribution < 1.29 is 4.79 Å². The molecule has 0 saturated carbocycles. The van der Waals surface area contributed by atoms with Crippen LogP contribution in [0.2, 0.25) is 0 Å². The van der Waals surface area contributed by atoms with Crippen molar-refractivity contribution in [3.8, 4) is 0 Å². The zero-order valence-electron chi connectivity index (χ0n) is 13.4. The van der Waals surface area contributed by atoms with Gasteiger partial charge >= 0.3 is 0 Å². The van der Waals surface area contributed by atoms with E-state index < -0.39 is 0 Å². The molecule has 0 aromatic carbocycles. The van der Waals surface area contributed by atoms with E-state index in [1.54, 1.807) is 13.2 Å². The maximum Gasteiger partial charge on any atom is 0.262 e. The Labute approximate surface area is 142 Å². The predicted octanol–water partition coefficient (Wildman–Crippen LogP) is 1.24. The number of aryl methyl sites for hydroxylation is 3. The highest BCUT2D eigenvalue weighted by atomic mass is 32.1. The van der Waals surface area contributed by atoms with Crippen LogP contribution < -0.4 is 10.9 Å². The third-order valence-corrected chi connectivity index (χ3v) is 5.69. The van der Waals surface area contributed by atoms with Crippen LogP contribution in [0.3, 0.4) is 0 Å². The summed E-state index contributed by atoms with van der Waals surface area (Å²) in [6, 6.07) is 0.0691. The van der Waals surface area contributed by atoms with Gasteiger partial charge in [0.2, 0.25) is 0 Å². The number of hydrogen-bond donors (Lipinski definition) is 1. The normalized spacial score (nSPS) is 17.0. The first-order valence-electron chi connectivity index (χ1n) is 7.80. The summed E-state index contributed by atoms with van der Waals surface area (Å²) in [4.78, 5) is 34.7. The molecule has 24 heavy (non-hydrogen) atoms. The average molecular weight is 343 g/mol. The molecule has 124 valence electrons. The van der Waals surface area contributed by atoms with Gasteiger partial charge in [0.05, 0.1) is 16.6 Å². The number of carbonyl (C=O) groups is 1. The largest absolute Gasteiger partial charge is 0.347 e. The second-order valence-corrected chi connectivity index (χ2v) is 7.10. The van der Waals surface area contributed by atoms with Crippen molar-refractivity contribution in [1.82, 2.24) is 24.4 Å². The molecule has 1 atom stereocenters. The predicted molar refractivity (Wildman–Crippen MR) is 91.4 cm³/mol. The van der Waals surface area contributed by atoms with E-state index in [1.807, 2.05) is 13.1 Å². The summed E-state index contributed by atoms with van der Waals surface area (Å²) in [5, 5.41) is 3.63. The van der Waals surface area contributed by atoms with E-state index >= 15 is 0 Å². The Morgan fingerprint density at radius 1 is 1.42 bits per heavy atom. The maximum absolute atomic E-state index is 12.7. The Hall–Kier alpha value is -2.48. The van der Waals surface area contributed by atoms with Crippen LogP contribution in [0.5, 0.6) is 0 Å². The fraction of sp³-hybridized carbons (Fsp3) is 0.375. The molecule has 1 amide bonds. The van der Waals surface area contributed by atoms with Crippen LogP contribution >= 0.6 is 11.3 Å². The first-order chi connectivity index (χ1) is 11.5. The minimum Gasteiger partial charge on any atom is -0.347 e. The molecule has 1 N–H and O–H groups in total. The number of aromatic nitrogens is 4. The smallest absolute Gasteiger partial charge is 0.262 e. The highest BCUT2D eigenvalue weighted by Crippen LogP contribution is 2.27. The summed E-state index contributed by atoms with van der Waals surface area (Å²) in [6.45, 7) is 2.54. The Kier molecular flexibility index (Phi) is 3.49. The number of hydrogen-bond acceptors (Lipinski definition) is 5. The first kappa shape index (κ1) is 15.1. The number of carbonyl (C=O) groups excluding carboxylic acids is 1. The van der Waals surface area contributed by atoms with E-state index in [0.29, 0.717) is 20.7 Å². The van der Waals surface area contributed by atoms with Crippen LogP contribution in [0, 0.1) is 6.92 Å². The zero-order chi connectivity index (χ0) is 16.8. The lowest BCUT2D eigenvalue weighted by Crippen LogP contribution is -2.40. The van der Waals surface area contributed by atoms with E-state index in [4.69, 9.17) is 0 Å². The monoisotopic (exact) mass is 343 g/mol. The first-order valence-corrected chi connectivity index (χ1v) is 8.62. The van der Waals surface area contributed by atoms with Gasteiger partial charge in [0.1, 0.15) is 10.7 Å². The highest BCUT2D eigenvalue weighted by Gasteiger charge is 2.24. The molecule has 0 radical (unpaired) electrons. The summed E-state index contributed by atoms with van der Waals surface area (Å²) >= 11 is 1.28. The topological polar surface area (TPSA) is 81.8 Å². The van der Waals surface area contributed by atoms with Crippen molar-refractivity contribution in [2.24, 2.45) is 7.05 Å². The lowest BCUT2D eigenvalue weighted by molar-refractivity contribution is 0.0931. The van der Waals surface area contributed by atoms with E-state index in [-0.39, 0.29) is 17.5 Å². The second-order valence-electron chi connectivity index (χ2n) is 6.10. The lowest BCUT2D eigenvalue weighted by atomic mass is 10.1. The molecule has 0 saturated heterocycles. The quantitative estimate of drug-likeness (QED) is 0.759. The Morgan fingerprint density at radius 2 is 2.25 bits per heavy atom. The fourth-order valence-corrected chi connectivity index (χ4v) is 4.20. The van der Waals surface area contributed by atoms with Crippen LogP contribution in [-0.2, 0) is 20.0 Å². The van der Waals surface area contributed by atoms with Gasteiger partial charge in [0.15, 0.2) is 0 Å². The molecule has 8 heteroatoms. The van der Waals surface area contributed by atoms with Crippen LogP contribution in [0.1, 0.15) is 27.5 Å². The van der Waals surface area contributed by atoms with Crippen molar-refractivity contribution in [1.29, 1.82) is 0 Å². The third-order valence-electron chi connectivity index (χ3n) is 4.49. The Morgan fingerprint density at radius 3 is 3.08 bits per heavy atom. The molecule has 4 heterocycles. The van der Waals surface area contributed by atoms with E-state index in [0.717, 1.165) is 25.2 Å². The molecule has 0 spiro atoms. The minimum absolute atomic E-state index is 0.0691. The highest BCUT2D eigenvalue weighted by molar-refractivity contribution is 7.20. The molecule has 1 aliphatic rings. The molecule has 3 aromatic rings. The SMILES string of the molecule is Cc1c(C(=O)NC2CCc3nccn3C2)sc2ncn(C)c(=O)c12. The van der Waals surface area contributed by atoms with Crippen LogP contribution in [0.4, 0.5) is 0 Å². The third kappa shape index (κ3) is 2.34. The van der Waals surface area contributed by atoms with Gasteiger partial charge in [-0.1, -0.05) is 0 Å². The number of nitrogens with one attached hydrogen (secondary N) is 1. The molecule has 1 aliphatic heterocycles. The Bertz CT molecular complexity index is 1000. The fourth-order valence-electron chi connectivity index (χ4n) is 3.16. The summed E-state index contributed by atoms with van der Waals surface area (Å²) in [5.41, 5.74) is 0.592.